The van der Waals surface area contributed by atoms with Gasteiger partial charge in [-0.1, -0.05) is 51.3 Å². The second-order valence-corrected chi connectivity index (χ2v) is 5.22. The highest BCUT2D eigenvalue weighted by Gasteiger charge is 2.22. The minimum Gasteiger partial charge on any atom is -0.425 e. The van der Waals surface area contributed by atoms with Crippen LogP contribution in [0.25, 0.3) is 0 Å². The Bertz CT molecular complexity index is 458. The summed E-state index contributed by atoms with van der Waals surface area (Å²) in [4.78, 5) is 1.30. The van der Waals surface area contributed by atoms with Crippen molar-refractivity contribution < 1.29 is 4.65 Å². The van der Waals surface area contributed by atoms with Crippen LogP contribution in [0, 0.1) is 6.92 Å². The summed E-state index contributed by atoms with van der Waals surface area (Å²) in [6, 6.07) is 14.5. The summed E-state index contributed by atoms with van der Waals surface area (Å²) in [7, 11) is 0. The van der Waals surface area contributed by atoms with Crippen LogP contribution in [0.3, 0.4) is 0 Å². The molecule has 0 spiro atoms. The quantitative estimate of drug-likeness (QED) is 0.852. The van der Waals surface area contributed by atoms with E-state index < -0.39 is 0 Å². The Morgan fingerprint density at radius 2 is 1.79 bits per heavy atom. The van der Waals surface area contributed by atoms with E-state index in [0.717, 1.165) is 0 Å². The fraction of sp³-hybridized carbons (Fsp3) is 0.333. The largest absolute Gasteiger partial charge is 0.425 e. The molecule has 2 aromatic rings. The van der Waals surface area contributed by atoms with Crippen LogP contribution in [0.2, 0.25) is 0 Å². The van der Waals surface area contributed by atoms with Crippen molar-refractivity contribution in [1.29, 1.82) is 0 Å². The lowest BCUT2D eigenvalue weighted by Crippen LogP contribution is -2.44. The molecule has 0 radical (unpaired) electrons. The molecule has 0 saturated heterocycles. The van der Waals surface area contributed by atoms with E-state index in [-0.39, 0.29) is 21.8 Å². The zero-order valence-electron chi connectivity index (χ0n) is 9.93. The number of nitrogens with two attached hydrogens (primary N) is 1. The van der Waals surface area contributed by atoms with E-state index in [1.165, 1.54) is 15.1 Å². The molecular weight excluding hydrogens is 253 g/mol. The number of benzene rings is 1. The van der Waals surface area contributed by atoms with Crippen molar-refractivity contribution in [3.63, 3.8) is 0 Å². The second-order valence-electron chi connectivity index (χ2n) is 3.90. The lowest BCUT2D eigenvalue weighted by atomic mass is 9.60. The third-order valence-corrected chi connectivity index (χ3v) is 3.57. The van der Waals surface area contributed by atoms with Gasteiger partial charge in [0.2, 0.25) is 0 Å². The molecule has 0 aliphatic heterocycles. The number of hydrogen-bond donors (Lipinski definition) is 1. The zero-order chi connectivity index (χ0) is 12.1. The lowest BCUT2D eigenvalue weighted by molar-refractivity contribution is 0.345. The molecule has 1 aromatic heterocycles. The first-order chi connectivity index (χ1) is 8.31. The highest BCUT2D eigenvalue weighted by atomic mass is 32.1. The van der Waals surface area contributed by atoms with Gasteiger partial charge >= 0.3 is 6.92 Å². The monoisotopic (exact) mass is 277 g/mol. The smallest absolute Gasteiger partial charge is 0.372 e. The van der Waals surface area contributed by atoms with E-state index in [4.69, 9.17) is 10.4 Å². The first kappa shape index (κ1) is 17.9. The first-order valence-electron chi connectivity index (χ1n) is 5.74. The molecule has 1 aromatic carbocycles. The van der Waals surface area contributed by atoms with Crippen LogP contribution in [0.1, 0.15) is 19.7 Å². The van der Waals surface area contributed by atoms with Gasteiger partial charge in [0.1, 0.15) is 0 Å². The van der Waals surface area contributed by atoms with Crippen LogP contribution in [-0.4, -0.2) is 20.1 Å². The summed E-state index contributed by atoms with van der Waals surface area (Å²) in [5.74, 6) is 0. The van der Waals surface area contributed by atoms with Gasteiger partial charge in [-0.05, 0) is 18.5 Å². The summed E-state index contributed by atoms with van der Waals surface area (Å²) in [6.45, 7) is 3.25. The van der Waals surface area contributed by atoms with Gasteiger partial charge in [0.15, 0.2) is 0 Å². The summed E-state index contributed by atoms with van der Waals surface area (Å²) >= 11 is 1.78. The molecule has 4 heteroatoms. The van der Waals surface area contributed by atoms with Gasteiger partial charge in [0, 0.05) is 22.8 Å². The minimum absolute atomic E-state index is 0. The average molecular weight is 277 g/mol. The molecule has 0 aliphatic rings. The molecule has 2 N–H and O–H groups in total. The topological polar surface area (TPSA) is 35.2 Å². The molecule has 2 rings (SSSR count). The van der Waals surface area contributed by atoms with Gasteiger partial charge in [-0.2, -0.15) is 11.3 Å². The maximum atomic E-state index is 5.86. The van der Waals surface area contributed by atoms with Crippen molar-refractivity contribution in [2.75, 3.05) is 13.2 Å². The van der Waals surface area contributed by atoms with Crippen LogP contribution in [0.5, 0.6) is 0 Å². The Morgan fingerprint density at radius 1 is 1.11 bits per heavy atom. The first-order valence-corrected chi connectivity index (χ1v) is 6.56. The fourth-order valence-electron chi connectivity index (χ4n) is 1.75. The maximum absolute atomic E-state index is 5.86. The van der Waals surface area contributed by atoms with Crippen molar-refractivity contribution >= 4 is 28.5 Å². The van der Waals surface area contributed by atoms with Crippen LogP contribution in [0.4, 0.5) is 0 Å². The molecule has 1 heterocycles. The van der Waals surface area contributed by atoms with Crippen LogP contribution in [-0.2, 0) is 4.65 Å². The van der Waals surface area contributed by atoms with Gasteiger partial charge < -0.3 is 10.4 Å². The molecule has 0 saturated carbocycles. The van der Waals surface area contributed by atoms with Gasteiger partial charge in [-0.15, -0.1) is 0 Å². The predicted octanol–water partition coefficient (Wildman–Crippen LogP) is 2.41. The number of hydrogen-bond acceptors (Lipinski definition) is 3. The average Bonchev–Trinajstić information content (AvgIpc) is 2.78. The van der Waals surface area contributed by atoms with Crippen LogP contribution >= 0.6 is 11.3 Å². The van der Waals surface area contributed by atoms with E-state index in [2.05, 4.69) is 31.2 Å². The van der Waals surface area contributed by atoms with Crippen molar-refractivity contribution in [3.8, 4) is 0 Å². The van der Waals surface area contributed by atoms with Gasteiger partial charge in [0.05, 0.1) is 0 Å². The van der Waals surface area contributed by atoms with Crippen molar-refractivity contribution in [1.82, 2.24) is 0 Å². The number of aryl methyl sites for hydroxylation is 1. The molecular formula is C15H24BNOS. The van der Waals surface area contributed by atoms with Crippen LogP contribution < -0.4 is 16.0 Å². The molecule has 2 nitrogen and oxygen atoms in total. The molecule has 0 amide bonds. The van der Waals surface area contributed by atoms with E-state index in [9.17, 15) is 0 Å². The summed E-state index contributed by atoms with van der Waals surface area (Å²) in [5.41, 5.74) is 6.70. The standard InChI is InChI=1S/C13H16BNOS.2CH4/c1-11-7-8-13(17-11)14(16-10-9-15)12-5-3-2-4-6-12;;/h2-8H,9-10,15H2,1H3;2*1H4. The van der Waals surface area contributed by atoms with E-state index in [1.54, 1.807) is 11.3 Å². The number of rotatable bonds is 5. The van der Waals surface area contributed by atoms with E-state index in [0.29, 0.717) is 13.2 Å². The Morgan fingerprint density at radius 3 is 2.32 bits per heavy atom. The van der Waals surface area contributed by atoms with Crippen molar-refractivity contribution in [2.45, 2.75) is 21.8 Å². The molecule has 104 valence electrons. The second kappa shape index (κ2) is 8.91. The van der Waals surface area contributed by atoms with Gasteiger partial charge in [0.25, 0.3) is 0 Å². The Kier molecular flexibility index (Phi) is 8.40. The SMILES string of the molecule is C.C.Cc1ccc(B(OCCN)c2ccccc2)s1. The Labute approximate surface area is 121 Å². The zero-order valence-corrected chi connectivity index (χ0v) is 10.7. The van der Waals surface area contributed by atoms with Crippen molar-refractivity contribution in [3.05, 3.63) is 47.3 Å². The normalized spacial score (nSPS) is 9.37. The van der Waals surface area contributed by atoms with Crippen LogP contribution in [0.15, 0.2) is 42.5 Å². The third kappa shape index (κ3) is 4.82. The van der Waals surface area contributed by atoms with Gasteiger partial charge in [-0.25, -0.2) is 0 Å². The Hall–Kier alpha value is -1.10. The third-order valence-electron chi connectivity index (χ3n) is 2.52. The summed E-state index contributed by atoms with van der Waals surface area (Å²) < 4.78 is 7.10. The Balaban J connectivity index is 0.00000162. The summed E-state index contributed by atoms with van der Waals surface area (Å²) in [6.07, 6.45) is 0. The van der Waals surface area contributed by atoms with Gasteiger partial charge in [-0.3, -0.25) is 0 Å². The summed E-state index contributed by atoms with van der Waals surface area (Å²) in [5, 5.41) is 0. The molecule has 0 atom stereocenters. The highest BCUT2D eigenvalue weighted by Crippen LogP contribution is 2.06. The highest BCUT2D eigenvalue weighted by molar-refractivity contribution is 7.24. The number of thiophene rings is 1. The molecule has 0 aliphatic carbocycles. The van der Waals surface area contributed by atoms with Crippen molar-refractivity contribution in [2.24, 2.45) is 5.73 Å². The molecule has 0 unspecified atom stereocenters. The lowest BCUT2D eigenvalue weighted by Gasteiger charge is -2.12. The molecule has 0 bridgehead atoms. The van der Waals surface area contributed by atoms with E-state index in [1.807, 2.05) is 18.2 Å². The predicted molar refractivity (Wildman–Crippen MR) is 89.0 cm³/mol. The molecule has 0 fully saturated rings. The maximum Gasteiger partial charge on any atom is 0.372 e. The fourth-order valence-corrected chi connectivity index (χ4v) is 2.71. The molecule has 19 heavy (non-hydrogen) atoms. The minimum atomic E-state index is 0. The van der Waals surface area contributed by atoms with E-state index >= 15 is 0 Å².